The van der Waals surface area contributed by atoms with Crippen LogP contribution in [0.25, 0.3) is 0 Å². The van der Waals surface area contributed by atoms with Crippen molar-refractivity contribution in [2.75, 3.05) is 22.9 Å². The molecule has 4 rings (SSSR count). The van der Waals surface area contributed by atoms with Crippen LogP contribution in [0.15, 0.2) is 35.7 Å². The summed E-state index contributed by atoms with van der Waals surface area (Å²) in [5, 5.41) is 4.91. The fraction of sp³-hybridized carbons (Fsp3) is 0.381. The van der Waals surface area contributed by atoms with Gasteiger partial charge in [-0.25, -0.2) is 0 Å². The van der Waals surface area contributed by atoms with E-state index in [4.69, 9.17) is 0 Å². The summed E-state index contributed by atoms with van der Waals surface area (Å²) in [4.78, 5) is 41.7. The van der Waals surface area contributed by atoms with Crippen molar-refractivity contribution in [1.29, 1.82) is 0 Å². The molecule has 7 heteroatoms. The van der Waals surface area contributed by atoms with E-state index >= 15 is 0 Å². The average Bonchev–Trinajstić information content (AvgIpc) is 3.44. The SMILES string of the molecule is CCC(=O)N1CCc2cc(N3C[C@H](C(=O)NCc4cccs4)CC3=O)ccc21. The predicted octanol–water partition coefficient (Wildman–Crippen LogP) is 2.72. The molecule has 0 bridgehead atoms. The lowest BCUT2D eigenvalue weighted by molar-refractivity contribution is -0.126. The van der Waals surface area contributed by atoms with E-state index in [2.05, 4.69) is 5.32 Å². The summed E-state index contributed by atoms with van der Waals surface area (Å²) in [6.07, 6.45) is 1.50. The normalized spacial score (nSPS) is 18.5. The highest BCUT2D eigenvalue weighted by Crippen LogP contribution is 2.34. The van der Waals surface area contributed by atoms with E-state index in [1.807, 2.05) is 47.5 Å². The van der Waals surface area contributed by atoms with Crippen LogP contribution in [0, 0.1) is 5.92 Å². The number of carbonyl (C=O) groups excluding carboxylic acids is 3. The van der Waals surface area contributed by atoms with Crippen LogP contribution in [0.1, 0.15) is 30.2 Å². The quantitative estimate of drug-likeness (QED) is 0.843. The number of rotatable bonds is 5. The Morgan fingerprint density at radius 3 is 2.89 bits per heavy atom. The van der Waals surface area contributed by atoms with Gasteiger partial charge in [0.1, 0.15) is 0 Å². The van der Waals surface area contributed by atoms with Crippen molar-refractivity contribution in [3.63, 3.8) is 0 Å². The molecule has 3 amide bonds. The molecule has 1 atom stereocenters. The number of thiophene rings is 1. The van der Waals surface area contributed by atoms with Crippen LogP contribution in [-0.4, -0.2) is 30.8 Å². The largest absolute Gasteiger partial charge is 0.351 e. The van der Waals surface area contributed by atoms with E-state index in [1.54, 1.807) is 16.2 Å². The number of nitrogens with one attached hydrogen (secondary N) is 1. The third-order valence-corrected chi connectivity index (χ3v) is 6.26. The fourth-order valence-corrected chi connectivity index (χ4v) is 4.52. The highest BCUT2D eigenvalue weighted by molar-refractivity contribution is 7.09. The van der Waals surface area contributed by atoms with Gasteiger partial charge in [0.25, 0.3) is 0 Å². The molecule has 28 heavy (non-hydrogen) atoms. The van der Waals surface area contributed by atoms with E-state index in [0.29, 0.717) is 26.1 Å². The van der Waals surface area contributed by atoms with Crippen molar-refractivity contribution >= 4 is 40.4 Å². The summed E-state index contributed by atoms with van der Waals surface area (Å²) in [6.45, 7) is 3.45. The van der Waals surface area contributed by atoms with Crippen molar-refractivity contribution in [3.05, 3.63) is 46.2 Å². The summed E-state index contributed by atoms with van der Waals surface area (Å²) in [5.41, 5.74) is 2.83. The third-order valence-electron chi connectivity index (χ3n) is 5.39. The summed E-state index contributed by atoms with van der Waals surface area (Å²) in [6, 6.07) is 9.72. The zero-order valence-electron chi connectivity index (χ0n) is 15.8. The molecule has 146 valence electrons. The summed E-state index contributed by atoms with van der Waals surface area (Å²) >= 11 is 1.60. The summed E-state index contributed by atoms with van der Waals surface area (Å²) < 4.78 is 0. The van der Waals surface area contributed by atoms with E-state index in [9.17, 15) is 14.4 Å². The van der Waals surface area contributed by atoms with Crippen molar-refractivity contribution in [3.8, 4) is 0 Å². The van der Waals surface area contributed by atoms with Gasteiger partial charge in [0.05, 0.1) is 12.5 Å². The zero-order valence-corrected chi connectivity index (χ0v) is 16.6. The lowest BCUT2D eigenvalue weighted by atomic mass is 10.1. The number of fused-ring (bicyclic) bond motifs is 1. The van der Waals surface area contributed by atoms with Crippen LogP contribution in [0.5, 0.6) is 0 Å². The number of nitrogens with zero attached hydrogens (tertiary/aromatic N) is 2. The first-order chi connectivity index (χ1) is 13.6. The van der Waals surface area contributed by atoms with Crippen molar-refractivity contribution < 1.29 is 14.4 Å². The van der Waals surface area contributed by atoms with Crippen molar-refractivity contribution in [2.45, 2.75) is 32.7 Å². The molecule has 1 N–H and O–H groups in total. The van der Waals surface area contributed by atoms with Gasteiger partial charge in [-0.05, 0) is 41.6 Å². The molecule has 1 fully saturated rings. The second-order valence-electron chi connectivity index (χ2n) is 7.16. The molecule has 3 heterocycles. The van der Waals surface area contributed by atoms with Gasteiger partial charge >= 0.3 is 0 Å². The highest BCUT2D eigenvalue weighted by Gasteiger charge is 2.35. The van der Waals surface area contributed by atoms with E-state index in [1.165, 1.54) is 0 Å². The first kappa shape index (κ1) is 18.7. The van der Waals surface area contributed by atoms with Crippen LogP contribution in [0.2, 0.25) is 0 Å². The minimum absolute atomic E-state index is 0.0317. The molecule has 2 aliphatic heterocycles. The maximum Gasteiger partial charge on any atom is 0.227 e. The Balaban J connectivity index is 1.43. The molecule has 0 unspecified atom stereocenters. The molecule has 0 saturated carbocycles. The van der Waals surface area contributed by atoms with Gasteiger partial charge in [0, 0.05) is 42.2 Å². The number of amides is 3. The van der Waals surface area contributed by atoms with Crippen molar-refractivity contribution in [2.24, 2.45) is 5.92 Å². The minimum Gasteiger partial charge on any atom is -0.351 e. The molecular weight excluding hydrogens is 374 g/mol. The van der Waals surface area contributed by atoms with E-state index < -0.39 is 0 Å². The van der Waals surface area contributed by atoms with Crippen LogP contribution in [0.4, 0.5) is 11.4 Å². The first-order valence-corrected chi connectivity index (χ1v) is 10.5. The van der Waals surface area contributed by atoms with Gasteiger partial charge in [-0.3, -0.25) is 14.4 Å². The number of benzene rings is 1. The Bertz CT molecular complexity index is 910. The molecule has 2 aliphatic rings. The smallest absolute Gasteiger partial charge is 0.227 e. The molecule has 2 aromatic rings. The fourth-order valence-electron chi connectivity index (χ4n) is 3.87. The van der Waals surface area contributed by atoms with Gasteiger partial charge in [0.2, 0.25) is 17.7 Å². The topological polar surface area (TPSA) is 69.7 Å². The lowest BCUT2D eigenvalue weighted by Gasteiger charge is -2.20. The van der Waals surface area contributed by atoms with E-state index in [-0.39, 0.29) is 30.1 Å². The Labute approximate surface area is 168 Å². The van der Waals surface area contributed by atoms with Crippen LogP contribution in [-0.2, 0) is 27.3 Å². The van der Waals surface area contributed by atoms with Crippen LogP contribution in [0.3, 0.4) is 0 Å². The number of hydrogen-bond acceptors (Lipinski definition) is 4. The van der Waals surface area contributed by atoms with Gasteiger partial charge < -0.3 is 15.1 Å². The molecule has 0 aliphatic carbocycles. The molecule has 0 spiro atoms. The van der Waals surface area contributed by atoms with Gasteiger partial charge in [0.15, 0.2) is 0 Å². The van der Waals surface area contributed by atoms with Gasteiger partial charge in [-0.15, -0.1) is 11.3 Å². The van der Waals surface area contributed by atoms with Gasteiger partial charge in [-0.2, -0.15) is 0 Å². The second kappa shape index (κ2) is 7.75. The summed E-state index contributed by atoms with van der Waals surface area (Å²) in [7, 11) is 0. The Morgan fingerprint density at radius 1 is 1.29 bits per heavy atom. The standard InChI is InChI=1S/C21H23N3O3S/c1-2-19(25)23-8-7-14-10-16(5-6-18(14)23)24-13-15(11-20(24)26)21(27)22-12-17-4-3-9-28-17/h3-6,9-10,15H,2,7-8,11-13H2,1H3,(H,22,27)/t15-/m1/s1. The van der Waals surface area contributed by atoms with Gasteiger partial charge in [-0.1, -0.05) is 13.0 Å². The number of hydrogen-bond donors (Lipinski definition) is 1. The average molecular weight is 398 g/mol. The number of carbonyl (C=O) groups is 3. The Hall–Kier alpha value is -2.67. The predicted molar refractivity (Wildman–Crippen MR) is 109 cm³/mol. The first-order valence-electron chi connectivity index (χ1n) is 9.60. The third kappa shape index (κ3) is 3.54. The van der Waals surface area contributed by atoms with E-state index in [0.717, 1.165) is 28.2 Å². The molecule has 0 radical (unpaired) electrons. The van der Waals surface area contributed by atoms with Crippen LogP contribution < -0.4 is 15.1 Å². The van der Waals surface area contributed by atoms with Crippen LogP contribution >= 0.6 is 11.3 Å². The summed E-state index contributed by atoms with van der Waals surface area (Å²) in [5.74, 6) is -0.328. The molecule has 1 aromatic heterocycles. The minimum atomic E-state index is -0.334. The molecular formula is C21H23N3O3S. The monoisotopic (exact) mass is 397 g/mol. The van der Waals surface area contributed by atoms with Crippen molar-refractivity contribution in [1.82, 2.24) is 5.32 Å². The molecule has 1 aromatic carbocycles. The lowest BCUT2D eigenvalue weighted by Crippen LogP contribution is -2.32. The molecule has 6 nitrogen and oxygen atoms in total. The highest BCUT2D eigenvalue weighted by atomic mass is 32.1. The second-order valence-corrected chi connectivity index (χ2v) is 8.20. The molecule has 1 saturated heterocycles. The Morgan fingerprint density at radius 2 is 2.14 bits per heavy atom. The zero-order chi connectivity index (χ0) is 19.7. The maximum atomic E-state index is 12.5. The number of anilines is 2. The Kier molecular flexibility index (Phi) is 5.17. The maximum absolute atomic E-state index is 12.5.